The lowest BCUT2D eigenvalue weighted by Crippen LogP contribution is -2.53. The largest absolute Gasteiger partial charge is 0.461 e. The summed E-state index contributed by atoms with van der Waals surface area (Å²) in [4.78, 5) is 14.6. The van der Waals surface area contributed by atoms with Crippen molar-refractivity contribution in [1.82, 2.24) is 0 Å². The molecule has 0 aromatic heterocycles. The molecule has 0 aliphatic heterocycles. The minimum Gasteiger partial charge on any atom is -0.461 e. The van der Waals surface area contributed by atoms with Crippen LogP contribution in [0.5, 0.6) is 0 Å². The molecule has 0 radical (unpaired) electrons. The molecule has 0 saturated heterocycles. The summed E-state index contributed by atoms with van der Waals surface area (Å²) in [5.41, 5.74) is 0. The van der Waals surface area contributed by atoms with E-state index in [0.717, 1.165) is 19.3 Å². The fourth-order valence-electron chi connectivity index (χ4n) is 7.60. The quantitative estimate of drug-likeness (QED) is 0.0439. The smallest absolute Gasteiger partial charge is 0.311 e. The molecule has 410 valence electrons. The number of esters is 1. The Balaban J connectivity index is 6.92. The summed E-state index contributed by atoms with van der Waals surface area (Å²) in [6.45, 7) is 80.4. The molecule has 0 amide bonds. The second-order valence-corrected chi connectivity index (χ2v) is 53.5. The summed E-state index contributed by atoms with van der Waals surface area (Å²) in [6, 6.07) is 0. The second-order valence-electron chi connectivity index (χ2n) is 29.7. The molecule has 12 heteroatoms. The highest BCUT2D eigenvalue weighted by molar-refractivity contribution is 6.75. The third kappa shape index (κ3) is 20.5. The van der Waals surface area contributed by atoms with E-state index in [0.29, 0.717) is 18.9 Å². The van der Waals surface area contributed by atoms with Crippen molar-refractivity contribution >= 4 is 47.6 Å². The van der Waals surface area contributed by atoms with Gasteiger partial charge in [0.15, 0.2) is 41.6 Å². The van der Waals surface area contributed by atoms with E-state index in [1.165, 1.54) is 0 Å². The van der Waals surface area contributed by atoms with Crippen molar-refractivity contribution in [2.24, 2.45) is 35.5 Å². The van der Waals surface area contributed by atoms with Crippen LogP contribution in [0.25, 0.3) is 0 Å². The fourth-order valence-corrected chi connectivity index (χ4v) is 14.3. The summed E-state index contributed by atoms with van der Waals surface area (Å²) >= 11 is 0. The van der Waals surface area contributed by atoms with Gasteiger partial charge in [0.2, 0.25) is 0 Å². The van der Waals surface area contributed by atoms with Gasteiger partial charge in [-0.15, -0.1) is 13.2 Å². The first kappa shape index (κ1) is 68.8. The third-order valence-corrected chi connectivity index (χ3v) is 40.7. The lowest BCUT2D eigenvalue weighted by molar-refractivity contribution is -0.162. The zero-order valence-corrected chi connectivity index (χ0v) is 56.8. The highest BCUT2D eigenvalue weighted by atomic mass is 28.4. The van der Waals surface area contributed by atoms with Gasteiger partial charge in [-0.25, -0.2) is 0 Å². The molecule has 0 fully saturated rings. The summed E-state index contributed by atoms with van der Waals surface area (Å²) in [5, 5.41) is 0.257. The van der Waals surface area contributed by atoms with Crippen molar-refractivity contribution in [3.8, 4) is 0 Å². The molecule has 0 aliphatic rings. The highest BCUT2D eigenvalue weighted by Crippen LogP contribution is 2.45. The van der Waals surface area contributed by atoms with Crippen LogP contribution < -0.4 is 0 Å². The van der Waals surface area contributed by atoms with Gasteiger partial charge in [-0.3, -0.25) is 4.79 Å². The maximum Gasteiger partial charge on any atom is 0.311 e. The van der Waals surface area contributed by atoms with Crippen molar-refractivity contribution in [2.45, 2.75) is 292 Å². The lowest BCUT2D eigenvalue weighted by atomic mass is 9.82. The van der Waals surface area contributed by atoms with Crippen molar-refractivity contribution in [1.29, 1.82) is 0 Å². The maximum absolute atomic E-state index is 14.6. The van der Waals surface area contributed by atoms with Gasteiger partial charge in [-0.2, -0.15) is 0 Å². The topological polar surface area (TPSA) is 72.5 Å². The molecule has 0 saturated carbocycles. The Morgan fingerprint density at radius 3 is 1.26 bits per heavy atom. The van der Waals surface area contributed by atoms with E-state index in [2.05, 4.69) is 217 Å². The Kier molecular flexibility index (Phi) is 25.5. The predicted molar refractivity (Wildman–Crippen MR) is 315 cm³/mol. The Morgan fingerprint density at radius 1 is 0.478 bits per heavy atom. The van der Waals surface area contributed by atoms with Crippen LogP contribution in [-0.4, -0.2) is 84.7 Å². The molecule has 0 aliphatic carbocycles. The number of hydrogen-bond donors (Lipinski definition) is 0. The SMILES string of the molecule is C=C[C@H](C[C@H](O[Si](C)(C)C(C)(C)C)[C@@H](C)C(=O)O[C@H]([C@H](C)C[C@@H](C)CC[C@@H](O[Si](C)(C)C(C)(C)C)[C@H](C)[C@@H](O[Si](C)(C)C(C)(C)C)[C@@H](C)CO[Si](C)(C)C(C)(C)C)[C@@H](C)C=C)O[Si](C)(C)C(C)(C)C. The van der Waals surface area contributed by atoms with Crippen LogP contribution in [0.1, 0.15) is 171 Å². The van der Waals surface area contributed by atoms with Gasteiger partial charge in [0.1, 0.15) is 6.10 Å². The Hall–Kier alpha value is -0.166. The number of ether oxygens (including phenoxy) is 1. The van der Waals surface area contributed by atoms with Crippen molar-refractivity contribution in [3.05, 3.63) is 25.3 Å². The predicted octanol–water partition coefficient (Wildman–Crippen LogP) is 18.2. The molecule has 11 atom stereocenters. The molecule has 69 heavy (non-hydrogen) atoms. The summed E-state index contributed by atoms with van der Waals surface area (Å²) < 4.78 is 42.7. The van der Waals surface area contributed by atoms with Gasteiger partial charge < -0.3 is 26.9 Å². The summed E-state index contributed by atoms with van der Waals surface area (Å²) in [6.07, 6.45) is 6.30. The average Bonchev–Trinajstić information content (AvgIpc) is 3.15. The van der Waals surface area contributed by atoms with Crippen molar-refractivity contribution in [2.75, 3.05) is 6.61 Å². The molecule has 0 N–H and O–H groups in total. The standard InChI is InChI=1S/C57H120O7Si5/c1-34-42(4)50(60-52(58)46(8)49(63-68(30,31)56(18,19)20)39-47(35-2)61-66(26,27)54(12,13)14)43(5)38-41(3)36-37-48(62-67(28,29)55(15,16)17)45(7)51(64-69(32,33)57(21,22)23)44(6)40-59-65(24,25)53(9,10)11/h34-35,41-51H,1-2,36-40H2,3-33H3/t41-,42-,43+,44-,45-,46+,47+,48+,49-,50-,51-/m0/s1. The molecule has 0 unspecified atom stereocenters. The van der Waals surface area contributed by atoms with Crippen LogP contribution >= 0.6 is 0 Å². The summed E-state index contributed by atoms with van der Waals surface area (Å²) in [7, 11) is -10.7. The van der Waals surface area contributed by atoms with E-state index in [4.69, 9.17) is 26.9 Å². The fraction of sp³-hybridized carbons (Fsp3) is 0.912. The van der Waals surface area contributed by atoms with Crippen LogP contribution in [0.4, 0.5) is 0 Å². The van der Waals surface area contributed by atoms with Crippen molar-refractivity contribution < 1.29 is 31.7 Å². The van der Waals surface area contributed by atoms with E-state index in [1.807, 2.05) is 19.1 Å². The van der Waals surface area contributed by atoms with Crippen LogP contribution in [-0.2, 0) is 31.7 Å². The van der Waals surface area contributed by atoms with Gasteiger partial charge in [0.05, 0.1) is 30.3 Å². The molecular weight excluding hydrogens is 937 g/mol. The highest BCUT2D eigenvalue weighted by Gasteiger charge is 2.48. The number of rotatable bonds is 28. The van der Waals surface area contributed by atoms with Gasteiger partial charge >= 0.3 is 5.97 Å². The average molecular weight is 1060 g/mol. The first-order chi connectivity index (χ1) is 30.4. The maximum atomic E-state index is 14.6. The molecular formula is C57H120O7Si5. The van der Waals surface area contributed by atoms with Gasteiger partial charge in [-0.05, 0) is 129 Å². The van der Waals surface area contributed by atoms with Gasteiger partial charge in [0, 0.05) is 30.8 Å². The van der Waals surface area contributed by atoms with Crippen molar-refractivity contribution in [3.63, 3.8) is 0 Å². The van der Waals surface area contributed by atoms with Crippen LogP contribution in [0.2, 0.25) is 90.7 Å². The minimum atomic E-state index is -2.29. The van der Waals surface area contributed by atoms with Gasteiger partial charge in [0.25, 0.3) is 0 Å². The molecule has 0 aromatic rings. The Bertz CT molecular complexity index is 1570. The first-order valence-corrected chi connectivity index (χ1v) is 41.8. The van der Waals surface area contributed by atoms with E-state index in [9.17, 15) is 4.79 Å². The number of carbonyl (C=O) groups excluding carboxylic acids is 1. The number of carbonyl (C=O) groups is 1. The minimum absolute atomic E-state index is 0.0105. The van der Waals surface area contributed by atoms with Crippen LogP contribution in [0, 0.1) is 35.5 Å². The third-order valence-electron chi connectivity index (χ3n) is 18.3. The molecule has 0 aromatic carbocycles. The lowest BCUT2D eigenvalue weighted by Gasteiger charge is -2.47. The summed E-state index contributed by atoms with van der Waals surface area (Å²) in [5.74, 6) is 0.0748. The second kappa shape index (κ2) is 25.6. The molecule has 0 spiro atoms. The molecule has 0 heterocycles. The van der Waals surface area contributed by atoms with E-state index >= 15 is 0 Å². The van der Waals surface area contributed by atoms with Crippen LogP contribution in [0.15, 0.2) is 25.3 Å². The van der Waals surface area contributed by atoms with Crippen LogP contribution in [0.3, 0.4) is 0 Å². The van der Waals surface area contributed by atoms with Gasteiger partial charge in [-0.1, -0.05) is 151 Å². The monoisotopic (exact) mass is 1060 g/mol. The zero-order chi connectivity index (χ0) is 55.1. The normalized spacial score (nSPS) is 19.3. The first-order valence-electron chi connectivity index (χ1n) is 27.2. The molecule has 0 bridgehead atoms. The molecule has 7 nitrogen and oxygen atoms in total. The Morgan fingerprint density at radius 2 is 0.870 bits per heavy atom. The van der Waals surface area contributed by atoms with E-state index < -0.39 is 47.5 Å². The Labute approximate surface area is 436 Å². The zero-order valence-electron chi connectivity index (χ0n) is 51.8. The van der Waals surface area contributed by atoms with E-state index in [1.54, 1.807) is 0 Å². The number of hydrogen-bond acceptors (Lipinski definition) is 7. The molecule has 0 rings (SSSR count). The van der Waals surface area contributed by atoms with E-state index in [-0.39, 0.29) is 85.4 Å².